The number of hydrogen-bond donors (Lipinski definition) is 1. The highest BCUT2D eigenvalue weighted by molar-refractivity contribution is 7.94. The molecule has 1 amide bonds. The van der Waals surface area contributed by atoms with Crippen molar-refractivity contribution in [3.05, 3.63) is 53.6 Å². The Labute approximate surface area is 171 Å². The monoisotopic (exact) mass is 436 g/mol. The molecule has 1 N–H and O–H groups in total. The van der Waals surface area contributed by atoms with Gasteiger partial charge in [-0.15, -0.1) is 0 Å². The minimum atomic E-state index is -3.87. The van der Waals surface area contributed by atoms with Gasteiger partial charge in [0.1, 0.15) is 0 Å². The summed E-state index contributed by atoms with van der Waals surface area (Å²) in [6, 6.07) is 11.2. The molecule has 29 heavy (non-hydrogen) atoms. The molecule has 1 saturated heterocycles. The second-order valence-electron chi connectivity index (χ2n) is 7.61. The number of aryl methyl sites for hydroxylation is 1. The number of amides is 1. The Morgan fingerprint density at radius 1 is 1.10 bits per heavy atom. The number of hydrogen-bond acceptors (Lipinski definition) is 5. The molecule has 0 aromatic heterocycles. The minimum absolute atomic E-state index is 0.0197. The van der Waals surface area contributed by atoms with Crippen LogP contribution in [0.1, 0.15) is 37.8 Å². The zero-order valence-corrected chi connectivity index (χ0v) is 18.3. The number of carbonyl (C=O) groups is 1. The number of anilines is 2. The molecule has 0 spiro atoms. The summed E-state index contributed by atoms with van der Waals surface area (Å²) in [6.45, 7) is 7.23. The fourth-order valence-electron chi connectivity index (χ4n) is 3.29. The lowest BCUT2D eigenvalue weighted by Crippen LogP contribution is -2.30. The van der Waals surface area contributed by atoms with Crippen molar-refractivity contribution in [1.82, 2.24) is 0 Å². The maximum atomic E-state index is 12.8. The summed E-state index contributed by atoms with van der Waals surface area (Å²) in [5, 5.41) is 0. The third-order valence-corrected chi connectivity index (χ3v) is 8.28. The van der Waals surface area contributed by atoms with Crippen LogP contribution in [0.4, 0.5) is 11.4 Å². The average molecular weight is 437 g/mol. The molecule has 0 radical (unpaired) electrons. The largest absolute Gasteiger partial charge is 0.280 e. The van der Waals surface area contributed by atoms with Crippen LogP contribution in [0.2, 0.25) is 0 Å². The third-order valence-electron chi connectivity index (χ3n) is 4.87. The summed E-state index contributed by atoms with van der Waals surface area (Å²) in [7, 11) is -7.62. The Hall–Kier alpha value is -2.39. The van der Waals surface area contributed by atoms with Crippen LogP contribution >= 0.6 is 0 Å². The molecule has 1 unspecified atom stereocenters. The summed E-state index contributed by atoms with van der Waals surface area (Å²) >= 11 is 0. The highest BCUT2D eigenvalue weighted by atomic mass is 32.2. The van der Waals surface area contributed by atoms with E-state index < -0.39 is 31.9 Å². The van der Waals surface area contributed by atoms with E-state index >= 15 is 0 Å². The molecular weight excluding hydrogens is 412 g/mol. The Morgan fingerprint density at radius 3 is 2.21 bits per heavy atom. The smallest absolute Gasteiger partial charge is 0.262 e. The Balaban J connectivity index is 1.90. The molecule has 2 aromatic rings. The minimum Gasteiger partial charge on any atom is -0.280 e. The number of nitrogens with zero attached hydrogens (tertiary/aromatic N) is 1. The lowest BCUT2D eigenvalue weighted by atomic mass is 10.0. The van der Waals surface area contributed by atoms with Crippen LogP contribution in [0, 0.1) is 12.8 Å². The molecule has 0 saturated carbocycles. The fraction of sp³-hybridized carbons (Fsp3) is 0.350. The number of rotatable bonds is 5. The van der Waals surface area contributed by atoms with Gasteiger partial charge in [-0.2, -0.15) is 0 Å². The quantitative estimate of drug-likeness (QED) is 0.775. The predicted molar refractivity (Wildman–Crippen MR) is 113 cm³/mol. The van der Waals surface area contributed by atoms with E-state index in [9.17, 15) is 21.6 Å². The highest BCUT2D eigenvalue weighted by Crippen LogP contribution is 2.31. The van der Waals surface area contributed by atoms with E-state index in [1.165, 1.54) is 18.2 Å². The normalized spacial score (nSPS) is 19.0. The van der Waals surface area contributed by atoms with Gasteiger partial charge in [0.15, 0.2) is 0 Å². The molecule has 1 fully saturated rings. The lowest BCUT2D eigenvalue weighted by molar-refractivity contribution is -0.119. The maximum absolute atomic E-state index is 12.8. The van der Waals surface area contributed by atoms with Crippen molar-refractivity contribution in [3.8, 4) is 0 Å². The van der Waals surface area contributed by atoms with Crippen molar-refractivity contribution >= 4 is 37.3 Å². The summed E-state index contributed by atoms with van der Waals surface area (Å²) < 4.78 is 53.4. The molecule has 7 nitrogen and oxygen atoms in total. The van der Waals surface area contributed by atoms with Gasteiger partial charge in [-0.3, -0.25) is 9.52 Å². The van der Waals surface area contributed by atoms with Crippen LogP contribution in [0.3, 0.4) is 0 Å². The maximum Gasteiger partial charge on any atom is 0.262 e. The van der Waals surface area contributed by atoms with Crippen molar-refractivity contribution in [2.24, 2.45) is 5.92 Å². The summed E-state index contributed by atoms with van der Waals surface area (Å²) in [5.74, 6) is -1.05. The zero-order chi connectivity index (χ0) is 21.6. The summed E-state index contributed by atoms with van der Waals surface area (Å²) in [6.07, 6.45) is 0. The van der Waals surface area contributed by atoms with Gasteiger partial charge in [0.2, 0.25) is 15.9 Å². The molecule has 3 rings (SSSR count). The molecule has 156 valence electrons. The second-order valence-corrected chi connectivity index (χ2v) is 11.1. The summed E-state index contributed by atoms with van der Waals surface area (Å²) in [4.78, 5) is 12.3. The first-order chi connectivity index (χ1) is 13.4. The molecule has 1 aliphatic rings. The average Bonchev–Trinajstić information content (AvgIpc) is 2.81. The zero-order valence-electron chi connectivity index (χ0n) is 16.7. The highest BCUT2D eigenvalue weighted by Gasteiger charge is 2.42. The first-order valence-electron chi connectivity index (χ1n) is 9.22. The van der Waals surface area contributed by atoms with Crippen LogP contribution in [0.5, 0.6) is 0 Å². The molecular formula is C20H24N2O5S2. The number of nitrogens with one attached hydrogen (secondary N) is 1. The van der Waals surface area contributed by atoms with Gasteiger partial charge >= 0.3 is 0 Å². The van der Waals surface area contributed by atoms with Crippen molar-refractivity contribution in [2.45, 2.75) is 38.5 Å². The molecule has 0 bridgehead atoms. The summed E-state index contributed by atoms with van der Waals surface area (Å²) in [5.41, 5.74) is 2.02. The Morgan fingerprint density at radius 2 is 1.72 bits per heavy atom. The fourth-order valence-corrected chi connectivity index (χ4v) is 6.39. The van der Waals surface area contributed by atoms with Gasteiger partial charge in [0.05, 0.1) is 22.3 Å². The van der Waals surface area contributed by atoms with Crippen LogP contribution in [-0.4, -0.2) is 28.5 Å². The van der Waals surface area contributed by atoms with Gasteiger partial charge in [-0.25, -0.2) is 21.1 Å². The number of carbonyl (C=O) groups excluding carboxylic acids is 1. The first kappa shape index (κ1) is 21.3. The molecule has 1 heterocycles. The van der Waals surface area contributed by atoms with E-state index in [1.54, 1.807) is 26.0 Å². The van der Waals surface area contributed by atoms with Crippen molar-refractivity contribution in [2.75, 3.05) is 14.8 Å². The lowest BCUT2D eigenvalue weighted by Gasteiger charge is -2.17. The number of benzene rings is 2. The van der Waals surface area contributed by atoms with Gasteiger partial charge < -0.3 is 0 Å². The Bertz CT molecular complexity index is 1150. The van der Waals surface area contributed by atoms with Crippen LogP contribution in [0.25, 0.3) is 0 Å². The Kier molecular flexibility index (Phi) is 5.48. The molecule has 1 aliphatic heterocycles. The van der Waals surface area contributed by atoms with Crippen LogP contribution in [0.15, 0.2) is 47.4 Å². The van der Waals surface area contributed by atoms with E-state index in [2.05, 4.69) is 18.6 Å². The second kappa shape index (κ2) is 7.46. The van der Waals surface area contributed by atoms with Crippen molar-refractivity contribution in [1.29, 1.82) is 0 Å². The van der Waals surface area contributed by atoms with Gasteiger partial charge in [-0.05, 0) is 54.3 Å². The van der Waals surface area contributed by atoms with Crippen LogP contribution in [-0.2, 0) is 24.8 Å². The van der Waals surface area contributed by atoms with E-state index in [0.29, 0.717) is 17.2 Å². The standard InChI is InChI=1S/C20H24N2O5S2/c1-13(2)16-5-7-17(8-6-16)21-29(26,27)19-10-9-18(11-14(19)3)22-20(23)15(4)12-28(22,24)25/h5-11,13,15,21H,12H2,1-4H3. The molecule has 1 atom stereocenters. The van der Waals surface area contributed by atoms with Crippen molar-refractivity contribution in [3.63, 3.8) is 0 Å². The van der Waals surface area contributed by atoms with E-state index in [0.717, 1.165) is 9.87 Å². The van der Waals surface area contributed by atoms with E-state index in [-0.39, 0.29) is 16.3 Å². The van der Waals surface area contributed by atoms with Crippen molar-refractivity contribution < 1.29 is 21.6 Å². The molecule has 2 aromatic carbocycles. The topological polar surface area (TPSA) is 101 Å². The van der Waals surface area contributed by atoms with Crippen LogP contribution < -0.4 is 9.03 Å². The van der Waals surface area contributed by atoms with Gasteiger partial charge in [0.25, 0.3) is 10.0 Å². The van der Waals surface area contributed by atoms with E-state index in [4.69, 9.17) is 0 Å². The molecule has 9 heteroatoms. The van der Waals surface area contributed by atoms with E-state index in [1.807, 2.05) is 12.1 Å². The third kappa shape index (κ3) is 4.16. The SMILES string of the molecule is Cc1cc(N2C(=O)C(C)CS2(=O)=O)ccc1S(=O)(=O)Nc1ccc(C(C)C)cc1. The molecule has 0 aliphatic carbocycles. The van der Waals surface area contributed by atoms with Gasteiger partial charge in [0, 0.05) is 5.69 Å². The number of sulfonamides is 2. The predicted octanol–water partition coefficient (Wildman–Crippen LogP) is 3.23. The first-order valence-corrected chi connectivity index (χ1v) is 12.3. The van der Waals surface area contributed by atoms with Gasteiger partial charge in [-0.1, -0.05) is 32.9 Å².